The number of fused-ring (bicyclic) bond motifs is 1. The van der Waals surface area contributed by atoms with E-state index >= 15 is 0 Å². The second-order valence-electron chi connectivity index (χ2n) is 11.8. The van der Waals surface area contributed by atoms with E-state index in [4.69, 9.17) is 9.72 Å². The fourth-order valence-electron chi connectivity index (χ4n) is 6.20. The third kappa shape index (κ3) is 6.70. The molecular formula is C34H41N5O2. The van der Waals surface area contributed by atoms with E-state index in [2.05, 4.69) is 75.1 Å². The third-order valence-electron chi connectivity index (χ3n) is 8.84. The SMILES string of the molecule is COC(=O)c1ccc(Cn2ccc3cc(C4CCN(Cc5ccc(CN6CCN(C)CC6)cc5)CC4)cnc32)cc1. The number of hydrogen-bond acceptors (Lipinski definition) is 6. The lowest BCUT2D eigenvalue weighted by Gasteiger charge is -2.33. The van der Waals surface area contributed by atoms with Gasteiger partial charge in [-0.2, -0.15) is 0 Å². The summed E-state index contributed by atoms with van der Waals surface area (Å²) in [7, 11) is 3.61. The zero-order valence-electron chi connectivity index (χ0n) is 24.3. The van der Waals surface area contributed by atoms with Crippen LogP contribution in [0.3, 0.4) is 0 Å². The summed E-state index contributed by atoms with van der Waals surface area (Å²) in [6.45, 7) is 9.70. The lowest BCUT2D eigenvalue weighted by molar-refractivity contribution is 0.0600. The van der Waals surface area contributed by atoms with Gasteiger partial charge in [-0.3, -0.25) is 9.80 Å². The highest BCUT2D eigenvalue weighted by Crippen LogP contribution is 2.30. The maximum atomic E-state index is 11.7. The molecule has 0 aliphatic carbocycles. The van der Waals surface area contributed by atoms with Crippen molar-refractivity contribution in [2.24, 2.45) is 0 Å². The van der Waals surface area contributed by atoms with Crippen molar-refractivity contribution in [1.82, 2.24) is 24.3 Å². The summed E-state index contributed by atoms with van der Waals surface area (Å²) < 4.78 is 6.97. The number of aromatic nitrogens is 2. The molecule has 41 heavy (non-hydrogen) atoms. The molecule has 2 aliphatic rings. The molecule has 0 spiro atoms. The molecule has 7 nitrogen and oxygen atoms in total. The number of rotatable bonds is 8. The maximum Gasteiger partial charge on any atom is 0.337 e. The summed E-state index contributed by atoms with van der Waals surface area (Å²) in [5, 5.41) is 1.19. The minimum absolute atomic E-state index is 0.311. The summed E-state index contributed by atoms with van der Waals surface area (Å²) >= 11 is 0. The number of likely N-dealkylation sites (tertiary alicyclic amines) is 1. The average Bonchev–Trinajstić information content (AvgIpc) is 3.41. The Morgan fingerprint density at radius 2 is 1.39 bits per heavy atom. The summed E-state index contributed by atoms with van der Waals surface area (Å²) in [6, 6.07) is 21.4. The van der Waals surface area contributed by atoms with Crippen LogP contribution in [0.25, 0.3) is 11.0 Å². The van der Waals surface area contributed by atoms with Crippen LogP contribution in [0.4, 0.5) is 0 Å². The van der Waals surface area contributed by atoms with Crippen molar-refractivity contribution in [2.45, 2.75) is 38.4 Å². The Labute approximate surface area is 243 Å². The van der Waals surface area contributed by atoms with Crippen LogP contribution >= 0.6 is 0 Å². The van der Waals surface area contributed by atoms with E-state index in [-0.39, 0.29) is 5.97 Å². The molecule has 0 bridgehead atoms. The largest absolute Gasteiger partial charge is 0.465 e. The van der Waals surface area contributed by atoms with Crippen LogP contribution in [0.15, 0.2) is 73.1 Å². The maximum absolute atomic E-state index is 11.7. The van der Waals surface area contributed by atoms with Gasteiger partial charge < -0.3 is 14.2 Å². The van der Waals surface area contributed by atoms with Crippen LogP contribution < -0.4 is 0 Å². The number of ether oxygens (including phenoxy) is 1. The Bertz CT molecular complexity index is 1450. The van der Waals surface area contributed by atoms with Crippen LogP contribution in [-0.4, -0.2) is 83.6 Å². The molecule has 0 radical (unpaired) electrons. The van der Waals surface area contributed by atoms with Gasteiger partial charge in [0.15, 0.2) is 0 Å². The minimum Gasteiger partial charge on any atom is -0.465 e. The molecule has 2 aliphatic heterocycles. The monoisotopic (exact) mass is 551 g/mol. The standard InChI is InChI=1S/C34H41N5O2/c1-36-17-19-38(20-18-36)24-27-5-3-26(4-6-27)23-37-14-11-29(12-15-37)32-21-31-13-16-39(33(31)35-22-32)25-28-7-9-30(10-8-28)34(40)41-2/h3-10,13,16,21-22,29H,11-12,14-15,17-20,23-25H2,1-2H3. The molecule has 0 amide bonds. The topological polar surface area (TPSA) is 53.8 Å². The number of nitrogens with zero attached hydrogens (tertiary/aromatic N) is 5. The molecule has 2 aromatic heterocycles. The number of hydrogen-bond donors (Lipinski definition) is 0. The number of esters is 1. The zero-order chi connectivity index (χ0) is 28.2. The summed E-state index contributed by atoms with van der Waals surface area (Å²) in [6.07, 6.45) is 6.52. The van der Waals surface area contributed by atoms with Crippen LogP contribution in [0, 0.1) is 0 Å². The molecule has 6 rings (SSSR count). The van der Waals surface area contributed by atoms with Crippen molar-refractivity contribution in [3.05, 3.63) is 101 Å². The van der Waals surface area contributed by atoms with Crippen LogP contribution in [-0.2, 0) is 24.4 Å². The van der Waals surface area contributed by atoms with Crippen LogP contribution in [0.2, 0.25) is 0 Å². The predicted molar refractivity (Wildman–Crippen MR) is 163 cm³/mol. The summed E-state index contributed by atoms with van der Waals surface area (Å²) in [4.78, 5) is 24.2. The molecule has 7 heteroatoms. The molecule has 214 valence electrons. The molecule has 4 heterocycles. The fraction of sp³-hybridized carbons (Fsp3) is 0.412. The smallest absolute Gasteiger partial charge is 0.337 e. The predicted octanol–water partition coefficient (Wildman–Crippen LogP) is 5.00. The Balaban J connectivity index is 1.01. The van der Waals surface area contributed by atoms with Crippen molar-refractivity contribution >= 4 is 17.0 Å². The Kier molecular flexibility index (Phi) is 8.46. The van der Waals surface area contributed by atoms with E-state index in [0.717, 1.165) is 50.5 Å². The minimum atomic E-state index is -0.311. The van der Waals surface area contributed by atoms with Gasteiger partial charge in [0.25, 0.3) is 0 Å². The molecular weight excluding hydrogens is 510 g/mol. The van der Waals surface area contributed by atoms with Gasteiger partial charge >= 0.3 is 5.97 Å². The van der Waals surface area contributed by atoms with Crippen LogP contribution in [0.1, 0.15) is 51.4 Å². The molecule has 0 N–H and O–H groups in total. The highest BCUT2D eigenvalue weighted by Gasteiger charge is 2.22. The zero-order valence-corrected chi connectivity index (χ0v) is 24.3. The van der Waals surface area contributed by atoms with E-state index < -0.39 is 0 Å². The van der Waals surface area contributed by atoms with E-state index in [1.54, 1.807) is 0 Å². The first-order chi connectivity index (χ1) is 20.0. The summed E-state index contributed by atoms with van der Waals surface area (Å²) in [5.41, 5.74) is 6.88. The Morgan fingerprint density at radius 1 is 0.805 bits per heavy atom. The van der Waals surface area contributed by atoms with Crippen molar-refractivity contribution in [1.29, 1.82) is 0 Å². The number of benzene rings is 2. The number of carbonyl (C=O) groups is 1. The highest BCUT2D eigenvalue weighted by atomic mass is 16.5. The van der Waals surface area contributed by atoms with Gasteiger partial charge in [-0.05, 0) is 85.4 Å². The van der Waals surface area contributed by atoms with Gasteiger partial charge in [-0.1, -0.05) is 36.4 Å². The quantitative estimate of drug-likeness (QED) is 0.288. The average molecular weight is 552 g/mol. The second kappa shape index (κ2) is 12.6. The first kappa shape index (κ1) is 27.6. The number of methoxy groups -OCH3 is 1. The fourth-order valence-corrected chi connectivity index (χ4v) is 6.20. The van der Waals surface area contributed by atoms with Gasteiger partial charge in [0.05, 0.1) is 12.7 Å². The third-order valence-corrected chi connectivity index (χ3v) is 8.84. The van der Waals surface area contributed by atoms with Crippen molar-refractivity contribution in [3.63, 3.8) is 0 Å². The highest BCUT2D eigenvalue weighted by molar-refractivity contribution is 5.89. The first-order valence-electron chi connectivity index (χ1n) is 14.9. The second-order valence-corrected chi connectivity index (χ2v) is 11.8. The van der Waals surface area contributed by atoms with Crippen molar-refractivity contribution in [2.75, 3.05) is 53.4 Å². The molecule has 0 unspecified atom stereocenters. The first-order valence-corrected chi connectivity index (χ1v) is 14.9. The van der Waals surface area contributed by atoms with E-state index in [1.165, 1.54) is 55.1 Å². The van der Waals surface area contributed by atoms with E-state index in [0.29, 0.717) is 18.0 Å². The number of likely N-dealkylation sites (N-methyl/N-ethyl adjacent to an activating group) is 1. The Morgan fingerprint density at radius 3 is 2.02 bits per heavy atom. The Hall–Kier alpha value is -3.52. The van der Waals surface area contributed by atoms with Gasteiger partial charge in [0.2, 0.25) is 0 Å². The molecule has 2 aromatic carbocycles. The van der Waals surface area contributed by atoms with Crippen LogP contribution in [0.5, 0.6) is 0 Å². The van der Waals surface area contributed by atoms with E-state index in [1.807, 2.05) is 24.3 Å². The van der Waals surface area contributed by atoms with Crippen molar-refractivity contribution in [3.8, 4) is 0 Å². The number of pyridine rings is 1. The van der Waals surface area contributed by atoms with Gasteiger partial charge in [-0.15, -0.1) is 0 Å². The van der Waals surface area contributed by atoms with Crippen molar-refractivity contribution < 1.29 is 9.53 Å². The van der Waals surface area contributed by atoms with E-state index in [9.17, 15) is 4.79 Å². The lowest BCUT2D eigenvalue weighted by Crippen LogP contribution is -2.43. The number of piperidine rings is 1. The summed E-state index contributed by atoms with van der Waals surface area (Å²) in [5.74, 6) is 0.247. The molecule has 0 saturated carbocycles. The normalized spacial score (nSPS) is 17.7. The van der Waals surface area contributed by atoms with Gasteiger partial charge in [-0.25, -0.2) is 9.78 Å². The number of piperazine rings is 1. The lowest BCUT2D eigenvalue weighted by atomic mass is 9.90. The molecule has 2 saturated heterocycles. The molecule has 0 atom stereocenters. The van der Waals surface area contributed by atoms with Gasteiger partial charge in [0.1, 0.15) is 5.65 Å². The molecule has 4 aromatic rings. The van der Waals surface area contributed by atoms with Gasteiger partial charge in [0, 0.05) is 63.6 Å². The number of carbonyl (C=O) groups excluding carboxylic acids is 1. The molecule has 2 fully saturated rings.